The monoisotopic (exact) mass is 645 g/mol. The van der Waals surface area contributed by atoms with Gasteiger partial charge in [-0.3, -0.25) is 13.9 Å². The van der Waals surface area contributed by atoms with Crippen molar-refractivity contribution >= 4 is 39.1 Å². The second-order valence-electron chi connectivity index (χ2n) is 11.3. The molecular formula is C36H40ClN3O4S. The van der Waals surface area contributed by atoms with Crippen LogP contribution >= 0.6 is 11.6 Å². The molecule has 1 N–H and O–H groups in total. The standard InChI is InChI=1S/C36H40ClN3O4S/c1-5-28(4)38-36(42)34(23-29-12-8-6-9-13-29)39(24-30-14-10-7-11-15-30)35(41)25-40(33-21-18-31(37)22-27(33)3)45(43,44)32-19-16-26(2)17-20-32/h6-22,28,34H,5,23-25H2,1-4H3,(H,38,42)/t28-,34-/m0/s1. The van der Waals surface area contributed by atoms with Crippen LogP contribution in [0.5, 0.6) is 0 Å². The summed E-state index contributed by atoms with van der Waals surface area (Å²) in [7, 11) is -4.19. The van der Waals surface area contributed by atoms with Crippen molar-refractivity contribution in [2.24, 2.45) is 0 Å². The minimum absolute atomic E-state index is 0.0557. The van der Waals surface area contributed by atoms with Crippen LogP contribution < -0.4 is 9.62 Å². The molecule has 2 atom stereocenters. The largest absolute Gasteiger partial charge is 0.352 e. The number of benzene rings is 4. The normalized spacial score (nSPS) is 12.6. The Morgan fingerprint density at radius 3 is 2.02 bits per heavy atom. The first-order valence-corrected chi connectivity index (χ1v) is 16.8. The van der Waals surface area contributed by atoms with Gasteiger partial charge in [-0.2, -0.15) is 0 Å². The SMILES string of the molecule is CC[C@H](C)NC(=O)[C@H](Cc1ccccc1)N(Cc1ccccc1)C(=O)CN(c1ccc(Cl)cc1C)S(=O)(=O)c1ccc(C)cc1. The van der Waals surface area contributed by atoms with Gasteiger partial charge in [-0.1, -0.05) is 96.9 Å². The number of hydrogen-bond donors (Lipinski definition) is 1. The molecule has 0 spiro atoms. The molecule has 0 aromatic heterocycles. The van der Waals surface area contributed by atoms with E-state index in [1.165, 1.54) is 17.0 Å². The number of hydrogen-bond acceptors (Lipinski definition) is 4. The number of halogens is 1. The van der Waals surface area contributed by atoms with Crippen molar-refractivity contribution in [2.45, 2.75) is 64.1 Å². The van der Waals surface area contributed by atoms with Crippen molar-refractivity contribution in [1.82, 2.24) is 10.2 Å². The third-order valence-electron chi connectivity index (χ3n) is 7.78. The highest BCUT2D eigenvalue weighted by molar-refractivity contribution is 7.92. The number of rotatable bonds is 13. The van der Waals surface area contributed by atoms with Crippen molar-refractivity contribution in [3.63, 3.8) is 0 Å². The minimum Gasteiger partial charge on any atom is -0.352 e. The molecule has 0 heterocycles. The quantitative estimate of drug-likeness (QED) is 0.175. The van der Waals surface area contributed by atoms with Crippen LogP contribution in [0.15, 0.2) is 108 Å². The third-order valence-corrected chi connectivity index (χ3v) is 9.79. The first-order valence-electron chi connectivity index (χ1n) is 15.0. The van der Waals surface area contributed by atoms with Crippen molar-refractivity contribution in [2.75, 3.05) is 10.8 Å². The Kier molecular flexibility index (Phi) is 11.4. The van der Waals surface area contributed by atoms with Gasteiger partial charge in [0.25, 0.3) is 10.0 Å². The van der Waals surface area contributed by atoms with E-state index in [0.717, 1.165) is 27.4 Å². The zero-order chi connectivity index (χ0) is 32.6. The van der Waals surface area contributed by atoms with E-state index < -0.39 is 28.5 Å². The number of nitrogens with one attached hydrogen (secondary N) is 1. The summed E-state index contributed by atoms with van der Waals surface area (Å²) in [6.07, 6.45) is 0.973. The number of sulfonamides is 1. The Morgan fingerprint density at radius 2 is 1.44 bits per heavy atom. The molecule has 7 nitrogen and oxygen atoms in total. The van der Waals surface area contributed by atoms with Gasteiger partial charge in [-0.25, -0.2) is 8.42 Å². The number of anilines is 1. The number of nitrogens with zero attached hydrogens (tertiary/aromatic N) is 2. The smallest absolute Gasteiger partial charge is 0.264 e. The van der Waals surface area contributed by atoms with Crippen LogP contribution in [0.1, 0.15) is 42.5 Å². The lowest BCUT2D eigenvalue weighted by Crippen LogP contribution is -2.54. The van der Waals surface area contributed by atoms with Gasteiger partial charge in [-0.05, 0) is 74.2 Å². The van der Waals surface area contributed by atoms with Crippen molar-refractivity contribution in [3.8, 4) is 0 Å². The fourth-order valence-corrected chi connectivity index (χ4v) is 6.73. The van der Waals surface area contributed by atoms with Gasteiger partial charge in [0.05, 0.1) is 10.6 Å². The number of carbonyl (C=O) groups excluding carboxylic acids is 2. The zero-order valence-electron chi connectivity index (χ0n) is 26.1. The molecule has 4 rings (SSSR count). The third kappa shape index (κ3) is 8.74. The van der Waals surface area contributed by atoms with Crippen molar-refractivity contribution in [1.29, 1.82) is 0 Å². The molecule has 236 valence electrons. The van der Waals surface area contributed by atoms with Gasteiger partial charge < -0.3 is 10.2 Å². The van der Waals surface area contributed by atoms with E-state index in [1.54, 1.807) is 37.3 Å². The lowest BCUT2D eigenvalue weighted by Gasteiger charge is -2.34. The van der Waals surface area contributed by atoms with E-state index >= 15 is 0 Å². The van der Waals surface area contributed by atoms with E-state index in [-0.39, 0.29) is 29.8 Å². The van der Waals surface area contributed by atoms with Crippen LogP contribution in [0, 0.1) is 13.8 Å². The summed E-state index contributed by atoms with van der Waals surface area (Å²) in [6, 6.07) is 29.3. The maximum atomic E-state index is 14.5. The lowest BCUT2D eigenvalue weighted by molar-refractivity contribution is -0.140. The molecule has 2 amide bonds. The summed E-state index contributed by atoms with van der Waals surface area (Å²) < 4.78 is 29.6. The molecule has 4 aromatic carbocycles. The average Bonchev–Trinajstić information content (AvgIpc) is 3.02. The van der Waals surface area contributed by atoms with E-state index in [2.05, 4.69) is 5.32 Å². The summed E-state index contributed by atoms with van der Waals surface area (Å²) in [4.78, 5) is 30.0. The predicted octanol–water partition coefficient (Wildman–Crippen LogP) is 6.71. The van der Waals surface area contributed by atoms with E-state index in [9.17, 15) is 18.0 Å². The minimum atomic E-state index is -4.19. The highest BCUT2D eigenvalue weighted by Gasteiger charge is 2.35. The van der Waals surface area contributed by atoms with Gasteiger partial charge in [0.1, 0.15) is 12.6 Å². The first kappa shape index (κ1) is 33.7. The first-order chi connectivity index (χ1) is 21.5. The summed E-state index contributed by atoms with van der Waals surface area (Å²) in [5.74, 6) is -0.808. The van der Waals surface area contributed by atoms with E-state index in [0.29, 0.717) is 16.3 Å². The molecule has 0 bridgehead atoms. The Hall–Kier alpha value is -4.14. The molecule has 4 aromatic rings. The summed E-state index contributed by atoms with van der Waals surface area (Å²) in [6.45, 7) is 7.12. The second kappa shape index (κ2) is 15.2. The van der Waals surface area contributed by atoms with E-state index in [4.69, 9.17) is 11.6 Å². The molecule has 0 radical (unpaired) electrons. The lowest BCUT2D eigenvalue weighted by atomic mass is 10.0. The Balaban J connectivity index is 1.82. The van der Waals surface area contributed by atoms with Gasteiger partial charge in [0.2, 0.25) is 11.8 Å². The summed E-state index contributed by atoms with van der Waals surface area (Å²) >= 11 is 6.24. The topological polar surface area (TPSA) is 86.8 Å². The average molecular weight is 646 g/mol. The molecular weight excluding hydrogens is 606 g/mol. The highest BCUT2D eigenvalue weighted by atomic mass is 35.5. The van der Waals surface area contributed by atoms with Gasteiger partial charge in [-0.15, -0.1) is 0 Å². The van der Waals surface area contributed by atoms with Crippen LogP contribution in [0.25, 0.3) is 0 Å². The van der Waals surface area contributed by atoms with Crippen LogP contribution in [-0.4, -0.2) is 43.8 Å². The molecule has 9 heteroatoms. The zero-order valence-corrected chi connectivity index (χ0v) is 27.7. The number of carbonyl (C=O) groups is 2. The maximum absolute atomic E-state index is 14.5. The van der Waals surface area contributed by atoms with E-state index in [1.807, 2.05) is 81.4 Å². The van der Waals surface area contributed by atoms with Crippen LogP contribution in [0.4, 0.5) is 5.69 Å². The van der Waals surface area contributed by atoms with Crippen molar-refractivity contribution < 1.29 is 18.0 Å². The summed E-state index contributed by atoms with van der Waals surface area (Å²) in [5, 5.41) is 3.50. The number of amides is 2. The Morgan fingerprint density at radius 1 is 0.844 bits per heavy atom. The van der Waals surface area contributed by atoms with Crippen LogP contribution in [0.3, 0.4) is 0 Å². The fourth-order valence-electron chi connectivity index (χ4n) is 5.02. The molecule has 0 saturated heterocycles. The van der Waals surface area contributed by atoms with Crippen LogP contribution in [0.2, 0.25) is 5.02 Å². The molecule has 0 unspecified atom stereocenters. The maximum Gasteiger partial charge on any atom is 0.264 e. The van der Waals surface area contributed by atoms with Gasteiger partial charge in [0.15, 0.2) is 0 Å². The Labute approximate surface area is 271 Å². The molecule has 0 aliphatic rings. The van der Waals surface area contributed by atoms with Crippen molar-refractivity contribution in [3.05, 3.63) is 130 Å². The fraction of sp³-hybridized carbons (Fsp3) is 0.278. The summed E-state index contributed by atoms with van der Waals surface area (Å²) in [5.41, 5.74) is 3.53. The molecule has 0 aliphatic heterocycles. The number of aryl methyl sites for hydroxylation is 2. The molecule has 0 aliphatic carbocycles. The van der Waals surface area contributed by atoms with Gasteiger partial charge in [0, 0.05) is 24.0 Å². The van der Waals surface area contributed by atoms with Gasteiger partial charge >= 0.3 is 0 Å². The molecule has 0 fully saturated rings. The molecule has 45 heavy (non-hydrogen) atoms. The Bertz CT molecular complexity index is 1700. The van der Waals surface area contributed by atoms with Crippen LogP contribution in [-0.2, 0) is 32.6 Å². The second-order valence-corrected chi connectivity index (χ2v) is 13.6. The molecule has 0 saturated carbocycles. The highest BCUT2D eigenvalue weighted by Crippen LogP contribution is 2.30. The predicted molar refractivity (Wildman–Crippen MR) is 181 cm³/mol.